The number of rotatable bonds is 3. The van der Waals surface area contributed by atoms with Crippen LogP contribution in [0.4, 0.5) is 10.6 Å². The van der Waals surface area contributed by atoms with E-state index in [-0.39, 0.29) is 16.8 Å². The maximum atomic E-state index is 11.7. The molecular weight excluding hydrogens is 260 g/mol. The van der Waals surface area contributed by atoms with E-state index in [0.29, 0.717) is 5.75 Å². The van der Waals surface area contributed by atoms with Crippen molar-refractivity contribution >= 4 is 34.7 Å². The van der Waals surface area contributed by atoms with E-state index in [4.69, 9.17) is 5.11 Å². The lowest BCUT2D eigenvalue weighted by atomic mass is 10.3. The number of aromatic nitrogens is 2. The van der Waals surface area contributed by atoms with Crippen LogP contribution in [0.15, 0.2) is 12.4 Å². The number of anilines is 1. The Morgan fingerprint density at radius 3 is 2.78 bits per heavy atom. The lowest BCUT2D eigenvalue weighted by Gasteiger charge is -2.10. The average Bonchev–Trinajstić information content (AvgIpc) is 2.76. The quantitative estimate of drug-likeness (QED) is 0.701. The standard InChI is InChI=1S/C9H8N4O4S/c14-7(4-3-18-9(17)12-4)13-6-5(8(15)16)10-1-2-11-6/h1-2,4H,3H2,(H,12,17)(H,15,16)(H,11,13,14). The predicted octanol–water partition coefficient (Wildman–Crippen LogP) is -0.0617. The lowest BCUT2D eigenvalue weighted by molar-refractivity contribution is -0.117. The molecule has 0 spiro atoms. The second kappa shape index (κ2) is 5.00. The van der Waals surface area contributed by atoms with Crippen molar-refractivity contribution in [2.75, 3.05) is 11.1 Å². The molecule has 1 aromatic rings. The van der Waals surface area contributed by atoms with E-state index in [1.807, 2.05) is 0 Å². The molecule has 9 heteroatoms. The number of carbonyl (C=O) groups is 3. The Bertz CT molecular complexity index is 521. The number of amides is 2. The van der Waals surface area contributed by atoms with Crippen LogP contribution in [0.2, 0.25) is 0 Å². The van der Waals surface area contributed by atoms with Gasteiger partial charge >= 0.3 is 5.97 Å². The highest BCUT2D eigenvalue weighted by Gasteiger charge is 2.29. The number of thioether (sulfide) groups is 1. The average molecular weight is 268 g/mol. The van der Waals surface area contributed by atoms with Gasteiger partial charge in [-0.2, -0.15) is 0 Å². The van der Waals surface area contributed by atoms with Crippen molar-refractivity contribution in [3.05, 3.63) is 18.1 Å². The molecule has 3 N–H and O–H groups in total. The van der Waals surface area contributed by atoms with Crippen molar-refractivity contribution in [2.24, 2.45) is 0 Å². The minimum absolute atomic E-state index is 0.138. The number of nitrogens with zero attached hydrogens (tertiary/aromatic N) is 2. The molecule has 1 aromatic heterocycles. The zero-order valence-corrected chi connectivity index (χ0v) is 9.73. The van der Waals surface area contributed by atoms with E-state index < -0.39 is 17.9 Å². The topological polar surface area (TPSA) is 121 Å². The van der Waals surface area contributed by atoms with Crippen LogP contribution in [0.1, 0.15) is 10.5 Å². The normalized spacial score (nSPS) is 18.2. The van der Waals surface area contributed by atoms with Crippen molar-refractivity contribution in [3.63, 3.8) is 0 Å². The molecule has 1 saturated heterocycles. The van der Waals surface area contributed by atoms with Crippen LogP contribution in [0, 0.1) is 0 Å². The summed E-state index contributed by atoms with van der Waals surface area (Å²) in [5.74, 6) is -1.64. The second-order valence-electron chi connectivity index (χ2n) is 3.34. The van der Waals surface area contributed by atoms with Crippen molar-refractivity contribution < 1.29 is 19.5 Å². The molecule has 0 saturated carbocycles. The first-order valence-electron chi connectivity index (χ1n) is 4.86. The maximum absolute atomic E-state index is 11.7. The molecule has 2 heterocycles. The van der Waals surface area contributed by atoms with Crippen LogP contribution in [0.5, 0.6) is 0 Å². The third-order valence-corrected chi connectivity index (χ3v) is 3.01. The summed E-state index contributed by atoms with van der Waals surface area (Å²) >= 11 is 0.992. The van der Waals surface area contributed by atoms with Gasteiger partial charge in [-0.1, -0.05) is 11.8 Å². The number of hydrogen-bond donors (Lipinski definition) is 3. The molecule has 2 rings (SSSR count). The van der Waals surface area contributed by atoms with Crippen LogP contribution in [0.25, 0.3) is 0 Å². The number of carbonyl (C=O) groups excluding carboxylic acids is 2. The zero-order chi connectivity index (χ0) is 13.1. The molecule has 0 aromatic carbocycles. The molecule has 8 nitrogen and oxygen atoms in total. The Morgan fingerprint density at radius 2 is 2.17 bits per heavy atom. The van der Waals surface area contributed by atoms with Gasteiger partial charge < -0.3 is 15.7 Å². The summed E-state index contributed by atoms with van der Waals surface area (Å²) in [5.41, 5.74) is -0.345. The highest BCUT2D eigenvalue weighted by molar-refractivity contribution is 8.14. The molecule has 94 valence electrons. The van der Waals surface area contributed by atoms with Crippen LogP contribution in [-0.2, 0) is 4.79 Å². The predicted molar refractivity (Wildman–Crippen MR) is 62.4 cm³/mol. The molecule has 0 bridgehead atoms. The van der Waals surface area contributed by atoms with Gasteiger partial charge in [0.05, 0.1) is 0 Å². The first-order chi connectivity index (χ1) is 8.58. The van der Waals surface area contributed by atoms with Crippen molar-refractivity contribution in [1.82, 2.24) is 15.3 Å². The summed E-state index contributed by atoms with van der Waals surface area (Å²) in [5, 5.41) is 13.3. The van der Waals surface area contributed by atoms with Gasteiger partial charge in [0.2, 0.25) is 5.91 Å². The van der Waals surface area contributed by atoms with Gasteiger partial charge in [-0.25, -0.2) is 14.8 Å². The number of hydrogen-bond acceptors (Lipinski definition) is 6. The fourth-order valence-electron chi connectivity index (χ4n) is 1.32. The van der Waals surface area contributed by atoms with E-state index in [1.54, 1.807) is 0 Å². The fraction of sp³-hybridized carbons (Fsp3) is 0.222. The van der Waals surface area contributed by atoms with E-state index in [2.05, 4.69) is 20.6 Å². The first kappa shape index (κ1) is 12.3. The minimum atomic E-state index is -1.29. The molecule has 18 heavy (non-hydrogen) atoms. The molecule has 2 amide bonds. The Hall–Kier alpha value is -2.16. The van der Waals surface area contributed by atoms with Gasteiger partial charge in [-0.15, -0.1) is 0 Å². The maximum Gasteiger partial charge on any atom is 0.358 e. The van der Waals surface area contributed by atoms with Crippen molar-refractivity contribution in [2.45, 2.75) is 6.04 Å². The van der Waals surface area contributed by atoms with Gasteiger partial charge in [0.1, 0.15) is 6.04 Å². The van der Waals surface area contributed by atoms with E-state index >= 15 is 0 Å². The third kappa shape index (κ3) is 2.56. The molecule has 1 fully saturated rings. The largest absolute Gasteiger partial charge is 0.476 e. The third-order valence-electron chi connectivity index (χ3n) is 2.13. The molecule has 1 unspecified atom stereocenters. The van der Waals surface area contributed by atoms with Crippen LogP contribution in [-0.4, -0.2) is 44.0 Å². The Morgan fingerprint density at radius 1 is 1.44 bits per heavy atom. The fourth-order valence-corrected chi connectivity index (χ4v) is 2.09. The van der Waals surface area contributed by atoms with Crippen LogP contribution >= 0.6 is 11.8 Å². The molecule has 1 atom stereocenters. The lowest BCUT2D eigenvalue weighted by Crippen LogP contribution is -2.39. The Kier molecular flexibility index (Phi) is 3.42. The number of aromatic carboxylic acids is 1. The Labute approximate surface area is 105 Å². The van der Waals surface area contributed by atoms with Gasteiger partial charge in [0.25, 0.3) is 5.24 Å². The Balaban J connectivity index is 2.12. The number of carboxylic acids is 1. The molecule has 0 aliphatic carbocycles. The second-order valence-corrected chi connectivity index (χ2v) is 4.34. The van der Waals surface area contributed by atoms with Crippen molar-refractivity contribution in [3.8, 4) is 0 Å². The van der Waals surface area contributed by atoms with Gasteiger partial charge in [0, 0.05) is 18.1 Å². The molecular formula is C9H8N4O4S. The van der Waals surface area contributed by atoms with Gasteiger partial charge in [0.15, 0.2) is 11.5 Å². The van der Waals surface area contributed by atoms with Gasteiger partial charge in [-0.05, 0) is 0 Å². The van der Waals surface area contributed by atoms with E-state index in [1.165, 1.54) is 12.4 Å². The monoisotopic (exact) mass is 268 g/mol. The summed E-state index contributed by atoms with van der Waals surface area (Å²) in [6.45, 7) is 0. The zero-order valence-electron chi connectivity index (χ0n) is 8.91. The molecule has 1 aliphatic heterocycles. The van der Waals surface area contributed by atoms with E-state index in [0.717, 1.165) is 11.8 Å². The summed E-state index contributed by atoms with van der Waals surface area (Å²) in [7, 11) is 0. The van der Waals surface area contributed by atoms with Crippen LogP contribution < -0.4 is 10.6 Å². The highest BCUT2D eigenvalue weighted by Crippen LogP contribution is 2.15. The summed E-state index contributed by atoms with van der Waals surface area (Å²) in [6, 6.07) is -0.689. The minimum Gasteiger partial charge on any atom is -0.476 e. The summed E-state index contributed by atoms with van der Waals surface area (Å²) in [4.78, 5) is 40.9. The molecule has 0 radical (unpaired) electrons. The number of nitrogens with one attached hydrogen (secondary N) is 2. The summed E-state index contributed by atoms with van der Waals surface area (Å²) in [6.07, 6.45) is 2.48. The van der Waals surface area contributed by atoms with Crippen molar-refractivity contribution in [1.29, 1.82) is 0 Å². The number of carboxylic acid groups (broad SMARTS) is 1. The molecule has 1 aliphatic rings. The van der Waals surface area contributed by atoms with Crippen LogP contribution in [0.3, 0.4) is 0 Å². The van der Waals surface area contributed by atoms with E-state index in [9.17, 15) is 14.4 Å². The first-order valence-corrected chi connectivity index (χ1v) is 5.85. The SMILES string of the molecule is O=C1NC(C(=O)Nc2nccnc2C(=O)O)CS1. The smallest absolute Gasteiger partial charge is 0.358 e. The summed E-state index contributed by atoms with van der Waals surface area (Å²) < 4.78 is 0. The highest BCUT2D eigenvalue weighted by atomic mass is 32.2. The van der Waals surface area contributed by atoms with Gasteiger partial charge in [-0.3, -0.25) is 9.59 Å².